The van der Waals surface area contributed by atoms with E-state index in [-0.39, 0.29) is 17.1 Å². The number of carbonyl (C=O) groups is 2. The molecule has 2 aromatic rings. The second kappa shape index (κ2) is 5.99. The van der Waals surface area contributed by atoms with Gasteiger partial charge in [0, 0.05) is 34.6 Å². The third-order valence-corrected chi connectivity index (χ3v) is 6.49. The Kier molecular flexibility index (Phi) is 3.69. The van der Waals surface area contributed by atoms with E-state index >= 15 is 0 Å². The zero-order chi connectivity index (χ0) is 18.7. The molecule has 1 amide bonds. The van der Waals surface area contributed by atoms with Gasteiger partial charge in [-0.05, 0) is 49.9 Å². The molecule has 2 unspecified atom stereocenters. The summed E-state index contributed by atoms with van der Waals surface area (Å²) in [6.45, 7) is 1.95. The van der Waals surface area contributed by atoms with Gasteiger partial charge in [-0.3, -0.25) is 19.3 Å². The summed E-state index contributed by atoms with van der Waals surface area (Å²) in [6.07, 6.45) is 3.94. The molecule has 5 rings (SSSR count). The van der Waals surface area contributed by atoms with Crippen molar-refractivity contribution in [1.29, 1.82) is 0 Å². The third kappa shape index (κ3) is 2.45. The van der Waals surface area contributed by atoms with E-state index in [1.807, 2.05) is 37.4 Å². The Hall–Kier alpha value is -2.54. The molecule has 1 aromatic heterocycles. The Morgan fingerprint density at radius 1 is 1.19 bits per heavy atom. The number of Topliss-reactive ketones (excluding diaryl/α,β-unsaturated/α-hetero) is 1. The van der Waals surface area contributed by atoms with Gasteiger partial charge in [0.1, 0.15) is 11.3 Å². The molecule has 2 aliphatic heterocycles. The van der Waals surface area contributed by atoms with Crippen LogP contribution in [0.2, 0.25) is 0 Å². The highest BCUT2D eigenvalue weighted by atomic mass is 32.2. The Morgan fingerprint density at radius 2 is 1.96 bits per heavy atom. The summed E-state index contributed by atoms with van der Waals surface area (Å²) >= 11 is 1.34. The van der Waals surface area contributed by atoms with Crippen molar-refractivity contribution in [3.8, 4) is 16.9 Å². The molecule has 1 N–H and O–H groups in total. The summed E-state index contributed by atoms with van der Waals surface area (Å²) in [7, 11) is 1.63. The second-order valence-corrected chi connectivity index (χ2v) is 8.11. The highest BCUT2D eigenvalue weighted by Crippen LogP contribution is 2.52. The van der Waals surface area contributed by atoms with Crippen LogP contribution in [-0.2, 0) is 4.79 Å². The first-order valence-electron chi connectivity index (χ1n) is 9.02. The fourth-order valence-corrected chi connectivity index (χ4v) is 5.11. The smallest absolute Gasteiger partial charge is 0.243 e. The fraction of sp³-hybridized carbons (Fsp3) is 0.350. The van der Waals surface area contributed by atoms with E-state index in [0.29, 0.717) is 17.4 Å². The lowest BCUT2D eigenvalue weighted by atomic mass is 9.87. The molecular weight excluding hydrogens is 362 g/mol. The number of aryl methyl sites for hydroxylation is 1. The lowest BCUT2D eigenvalue weighted by molar-refractivity contribution is -0.120. The SMILES string of the molecule is COc1c(-c2ccc(C)nc2)ccc2c1N(C1CC1)C1SNC(=O)C1C2=O. The number of carbonyl (C=O) groups excluding carboxylic acids is 2. The van der Waals surface area contributed by atoms with Crippen LogP contribution >= 0.6 is 11.9 Å². The predicted molar refractivity (Wildman–Crippen MR) is 104 cm³/mol. The highest BCUT2D eigenvalue weighted by Gasteiger charge is 2.53. The molecule has 1 saturated heterocycles. The first kappa shape index (κ1) is 16.6. The summed E-state index contributed by atoms with van der Waals surface area (Å²) in [6, 6.07) is 8.04. The molecule has 0 spiro atoms. The number of ether oxygens (including phenoxy) is 1. The fourth-order valence-electron chi connectivity index (χ4n) is 3.97. The average Bonchev–Trinajstić information content (AvgIpc) is 3.44. The Bertz CT molecular complexity index is 956. The monoisotopic (exact) mass is 381 g/mol. The Balaban J connectivity index is 1.73. The minimum Gasteiger partial charge on any atom is -0.494 e. The number of nitrogens with zero attached hydrogens (tertiary/aromatic N) is 2. The summed E-state index contributed by atoms with van der Waals surface area (Å²) in [4.78, 5) is 32.0. The zero-order valence-electron chi connectivity index (χ0n) is 15.1. The zero-order valence-corrected chi connectivity index (χ0v) is 15.9. The number of hydrogen-bond acceptors (Lipinski definition) is 6. The predicted octanol–water partition coefficient (Wildman–Crippen LogP) is 2.95. The van der Waals surface area contributed by atoms with Crippen LogP contribution in [-0.4, -0.2) is 35.2 Å². The van der Waals surface area contributed by atoms with Gasteiger partial charge in [0.05, 0.1) is 12.8 Å². The van der Waals surface area contributed by atoms with Crippen LogP contribution in [0.4, 0.5) is 5.69 Å². The number of benzene rings is 1. The topological polar surface area (TPSA) is 71.5 Å². The number of methoxy groups -OCH3 is 1. The maximum Gasteiger partial charge on any atom is 0.243 e. The molecule has 0 radical (unpaired) electrons. The van der Waals surface area contributed by atoms with Crippen LogP contribution in [0.5, 0.6) is 5.75 Å². The molecule has 3 aliphatic rings. The van der Waals surface area contributed by atoms with Crippen molar-refractivity contribution in [2.45, 2.75) is 31.2 Å². The van der Waals surface area contributed by atoms with Crippen LogP contribution in [0.25, 0.3) is 11.1 Å². The molecule has 27 heavy (non-hydrogen) atoms. The van der Waals surface area contributed by atoms with Crippen molar-refractivity contribution in [3.63, 3.8) is 0 Å². The first-order chi connectivity index (χ1) is 13.1. The largest absolute Gasteiger partial charge is 0.494 e. The van der Waals surface area contributed by atoms with Gasteiger partial charge in [-0.2, -0.15) is 0 Å². The van der Waals surface area contributed by atoms with Crippen LogP contribution in [0.15, 0.2) is 30.5 Å². The van der Waals surface area contributed by atoms with Gasteiger partial charge in [0.25, 0.3) is 0 Å². The third-order valence-electron chi connectivity index (χ3n) is 5.43. The Morgan fingerprint density at radius 3 is 2.63 bits per heavy atom. The minimum atomic E-state index is -0.653. The van der Waals surface area contributed by atoms with Crippen molar-refractivity contribution < 1.29 is 14.3 Å². The average molecular weight is 381 g/mol. The van der Waals surface area contributed by atoms with E-state index in [1.165, 1.54) is 11.9 Å². The molecular formula is C20H19N3O3S. The lowest BCUT2D eigenvalue weighted by Gasteiger charge is -2.39. The van der Waals surface area contributed by atoms with Crippen molar-refractivity contribution in [3.05, 3.63) is 41.7 Å². The van der Waals surface area contributed by atoms with E-state index in [9.17, 15) is 9.59 Å². The standard InChI is InChI=1S/C20H19N3O3S/c1-10-3-4-11(9-21-10)13-7-8-14-16(18(13)26-2)23(12-5-6-12)20-15(17(14)24)19(25)22-27-20/h3-4,7-9,12,15,20H,5-6H2,1-2H3,(H,22,25). The van der Waals surface area contributed by atoms with Gasteiger partial charge < -0.3 is 9.64 Å². The van der Waals surface area contributed by atoms with Gasteiger partial charge in [-0.15, -0.1) is 0 Å². The molecule has 2 atom stereocenters. The van der Waals surface area contributed by atoms with Crippen molar-refractivity contribution in [2.75, 3.05) is 12.0 Å². The Labute approximate surface area is 161 Å². The number of anilines is 1. The molecule has 7 heteroatoms. The quantitative estimate of drug-likeness (QED) is 0.651. The van der Waals surface area contributed by atoms with E-state index in [4.69, 9.17) is 4.74 Å². The number of ketones is 1. The number of aromatic nitrogens is 1. The van der Waals surface area contributed by atoms with Gasteiger partial charge in [-0.25, -0.2) is 0 Å². The second-order valence-electron chi connectivity index (χ2n) is 7.19. The van der Waals surface area contributed by atoms with E-state index in [1.54, 1.807) is 7.11 Å². The number of hydrogen-bond donors (Lipinski definition) is 1. The van der Waals surface area contributed by atoms with E-state index in [0.717, 1.165) is 35.3 Å². The molecule has 138 valence electrons. The van der Waals surface area contributed by atoms with Crippen LogP contribution in [0.3, 0.4) is 0 Å². The van der Waals surface area contributed by atoms with Gasteiger partial charge in [0.15, 0.2) is 11.5 Å². The molecule has 6 nitrogen and oxygen atoms in total. The lowest BCUT2D eigenvalue weighted by Crippen LogP contribution is -2.47. The van der Waals surface area contributed by atoms with Crippen LogP contribution in [0, 0.1) is 12.8 Å². The molecule has 1 aliphatic carbocycles. The van der Waals surface area contributed by atoms with Crippen LogP contribution < -0.4 is 14.4 Å². The number of fused-ring (bicyclic) bond motifs is 2. The maximum atomic E-state index is 13.1. The maximum absolute atomic E-state index is 13.1. The highest BCUT2D eigenvalue weighted by molar-refractivity contribution is 7.99. The summed E-state index contributed by atoms with van der Waals surface area (Å²) in [5, 5.41) is -0.217. The van der Waals surface area contributed by atoms with Crippen molar-refractivity contribution in [1.82, 2.24) is 9.71 Å². The van der Waals surface area contributed by atoms with Crippen molar-refractivity contribution >= 4 is 29.3 Å². The summed E-state index contributed by atoms with van der Waals surface area (Å²) in [5.74, 6) is -0.296. The van der Waals surface area contributed by atoms with E-state index in [2.05, 4.69) is 14.6 Å². The number of nitrogens with one attached hydrogen (secondary N) is 1. The first-order valence-corrected chi connectivity index (χ1v) is 9.90. The van der Waals surface area contributed by atoms with Gasteiger partial charge in [0.2, 0.25) is 5.91 Å². The molecule has 1 aromatic carbocycles. The summed E-state index contributed by atoms with van der Waals surface area (Å²) in [5.41, 5.74) is 4.18. The number of amides is 1. The summed E-state index contributed by atoms with van der Waals surface area (Å²) < 4.78 is 8.62. The number of rotatable bonds is 3. The minimum absolute atomic E-state index is 0.124. The molecule has 3 heterocycles. The molecule has 1 saturated carbocycles. The van der Waals surface area contributed by atoms with Gasteiger partial charge in [-0.1, -0.05) is 6.07 Å². The van der Waals surface area contributed by atoms with Crippen molar-refractivity contribution in [2.24, 2.45) is 5.92 Å². The molecule has 2 fully saturated rings. The molecule has 0 bridgehead atoms. The van der Waals surface area contributed by atoms with Gasteiger partial charge >= 0.3 is 0 Å². The van der Waals surface area contributed by atoms with Crippen LogP contribution in [0.1, 0.15) is 28.9 Å². The van der Waals surface area contributed by atoms with E-state index < -0.39 is 5.92 Å². The normalized spacial score (nSPS) is 23.7. The number of pyridine rings is 1.